The molecule has 1 aromatic heterocycles. The number of aryl methyl sites for hydroxylation is 2. The maximum absolute atomic E-state index is 12.3. The minimum absolute atomic E-state index is 0.317. The van der Waals surface area contributed by atoms with Crippen molar-refractivity contribution in [2.24, 2.45) is 13.0 Å². The fourth-order valence-corrected chi connectivity index (χ4v) is 2.55. The van der Waals surface area contributed by atoms with Gasteiger partial charge in [-0.15, -0.1) is 0 Å². The van der Waals surface area contributed by atoms with Crippen LogP contribution in [0, 0.1) is 19.8 Å². The highest BCUT2D eigenvalue weighted by atomic mass is 16.5. The topological polar surface area (TPSA) is 73.7 Å². The van der Waals surface area contributed by atoms with Gasteiger partial charge in [0.25, 0.3) is 0 Å². The maximum atomic E-state index is 12.3. The van der Waals surface area contributed by atoms with E-state index in [1.165, 1.54) is 7.11 Å². The molecule has 2 rings (SSSR count). The summed E-state index contributed by atoms with van der Waals surface area (Å²) in [6, 6.07) is 0. The van der Waals surface area contributed by atoms with Gasteiger partial charge in [0.1, 0.15) is 5.69 Å². The van der Waals surface area contributed by atoms with Crippen molar-refractivity contribution in [2.45, 2.75) is 26.7 Å². The molecule has 2 heterocycles. The molecular formula is C14H21N3O4. The van der Waals surface area contributed by atoms with E-state index >= 15 is 0 Å². The summed E-state index contributed by atoms with van der Waals surface area (Å²) in [4.78, 5) is 25.4. The van der Waals surface area contributed by atoms with E-state index in [1.54, 1.807) is 23.6 Å². The Morgan fingerprint density at radius 2 is 2.05 bits per heavy atom. The van der Waals surface area contributed by atoms with Crippen molar-refractivity contribution in [3.63, 3.8) is 0 Å². The van der Waals surface area contributed by atoms with E-state index in [9.17, 15) is 9.59 Å². The molecule has 0 radical (unpaired) electrons. The number of ether oxygens (including phenoxy) is 2. The lowest BCUT2D eigenvalue weighted by atomic mass is 9.98. The van der Waals surface area contributed by atoms with Crippen LogP contribution >= 0.6 is 0 Å². The second kappa shape index (κ2) is 6.15. The highest BCUT2D eigenvalue weighted by molar-refractivity contribution is 5.77. The molecule has 21 heavy (non-hydrogen) atoms. The van der Waals surface area contributed by atoms with Gasteiger partial charge in [0, 0.05) is 20.1 Å². The number of carbonyl (C=O) groups excluding carboxylic acids is 2. The molecule has 0 aromatic carbocycles. The number of carbonyl (C=O) groups is 2. The standard InChI is InChI=1S/C14H21N3O4/c1-9-12(10(2)16(3)15-9)21-13(18)11-6-5-7-17(8-11)14(19)20-4/h11H,5-8H2,1-4H3/t11-/m1/s1. The van der Waals surface area contributed by atoms with Gasteiger partial charge < -0.3 is 14.4 Å². The Kier molecular flexibility index (Phi) is 4.50. The van der Waals surface area contributed by atoms with E-state index in [0.717, 1.165) is 12.1 Å². The summed E-state index contributed by atoms with van der Waals surface area (Å²) in [5.74, 6) is -0.127. The number of hydrogen-bond acceptors (Lipinski definition) is 5. The first-order chi connectivity index (χ1) is 9.93. The molecule has 1 fully saturated rings. The molecule has 1 amide bonds. The Hall–Kier alpha value is -2.05. The molecule has 1 aliphatic rings. The molecule has 1 saturated heterocycles. The second-order valence-electron chi connectivity index (χ2n) is 5.30. The lowest BCUT2D eigenvalue weighted by Crippen LogP contribution is -2.43. The van der Waals surface area contributed by atoms with E-state index in [0.29, 0.717) is 31.0 Å². The third-order valence-corrected chi connectivity index (χ3v) is 3.83. The van der Waals surface area contributed by atoms with E-state index in [-0.39, 0.29) is 11.9 Å². The zero-order valence-electron chi connectivity index (χ0n) is 12.9. The van der Waals surface area contributed by atoms with Crippen LogP contribution in [0.15, 0.2) is 0 Å². The predicted molar refractivity (Wildman–Crippen MR) is 75.0 cm³/mol. The van der Waals surface area contributed by atoms with E-state index in [1.807, 2.05) is 6.92 Å². The molecule has 0 N–H and O–H groups in total. The lowest BCUT2D eigenvalue weighted by Gasteiger charge is -2.30. The molecule has 7 nitrogen and oxygen atoms in total. The van der Waals surface area contributed by atoms with E-state index in [4.69, 9.17) is 9.47 Å². The van der Waals surface area contributed by atoms with Crippen LogP contribution in [0.25, 0.3) is 0 Å². The van der Waals surface area contributed by atoms with Crippen LogP contribution in [-0.2, 0) is 16.6 Å². The number of aromatic nitrogens is 2. The normalized spacial score (nSPS) is 18.5. The van der Waals surface area contributed by atoms with Crippen LogP contribution < -0.4 is 4.74 Å². The van der Waals surface area contributed by atoms with Crippen molar-refractivity contribution >= 4 is 12.1 Å². The van der Waals surface area contributed by atoms with Crippen LogP contribution in [0.1, 0.15) is 24.2 Å². The van der Waals surface area contributed by atoms with Gasteiger partial charge in [-0.25, -0.2) is 4.79 Å². The molecule has 7 heteroatoms. The van der Waals surface area contributed by atoms with Crippen LogP contribution in [0.2, 0.25) is 0 Å². The summed E-state index contributed by atoms with van der Waals surface area (Å²) in [5, 5.41) is 4.22. The zero-order valence-corrected chi connectivity index (χ0v) is 12.9. The number of amides is 1. The van der Waals surface area contributed by atoms with Gasteiger partial charge in [-0.05, 0) is 26.7 Å². The molecule has 0 bridgehead atoms. The Morgan fingerprint density at radius 3 is 2.62 bits per heavy atom. The minimum Gasteiger partial charge on any atom is -0.453 e. The molecule has 1 aliphatic heterocycles. The number of hydrogen-bond donors (Lipinski definition) is 0. The number of likely N-dealkylation sites (tertiary alicyclic amines) is 1. The maximum Gasteiger partial charge on any atom is 0.409 e. The van der Waals surface area contributed by atoms with Crippen molar-refractivity contribution in [1.82, 2.24) is 14.7 Å². The average Bonchev–Trinajstić information content (AvgIpc) is 2.73. The third kappa shape index (κ3) is 3.17. The van der Waals surface area contributed by atoms with E-state index < -0.39 is 6.09 Å². The molecular weight excluding hydrogens is 274 g/mol. The molecule has 0 saturated carbocycles. The minimum atomic E-state index is -0.402. The Balaban J connectivity index is 2.04. The second-order valence-corrected chi connectivity index (χ2v) is 5.30. The van der Waals surface area contributed by atoms with Crippen molar-refractivity contribution in [3.05, 3.63) is 11.4 Å². The largest absolute Gasteiger partial charge is 0.453 e. The number of rotatable bonds is 2. The van der Waals surface area contributed by atoms with Crippen molar-refractivity contribution in [2.75, 3.05) is 20.2 Å². The molecule has 0 spiro atoms. The molecule has 1 aromatic rings. The van der Waals surface area contributed by atoms with Crippen LogP contribution in [-0.4, -0.2) is 46.9 Å². The SMILES string of the molecule is COC(=O)N1CCC[C@@H](C(=O)Oc2c(C)nn(C)c2C)C1. The predicted octanol–water partition coefficient (Wildman–Crippen LogP) is 1.42. The molecule has 116 valence electrons. The van der Waals surface area contributed by atoms with Crippen molar-refractivity contribution in [3.8, 4) is 5.75 Å². The number of methoxy groups -OCH3 is 1. The zero-order chi connectivity index (χ0) is 15.6. The summed E-state index contributed by atoms with van der Waals surface area (Å²) >= 11 is 0. The average molecular weight is 295 g/mol. The fourth-order valence-electron chi connectivity index (χ4n) is 2.55. The fraction of sp³-hybridized carbons (Fsp3) is 0.643. The summed E-state index contributed by atoms with van der Waals surface area (Å²) in [6.45, 7) is 4.60. The lowest BCUT2D eigenvalue weighted by molar-refractivity contribution is -0.140. The van der Waals surface area contributed by atoms with Gasteiger partial charge in [-0.3, -0.25) is 9.48 Å². The monoisotopic (exact) mass is 295 g/mol. The van der Waals surface area contributed by atoms with E-state index in [2.05, 4.69) is 5.10 Å². The number of piperidine rings is 1. The highest BCUT2D eigenvalue weighted by Crippen LogP contribution is 2.25. The number of esters is 1. The summed E-state index contributed by atoms with van der Waals surface area (Å²) in [6.07, 6.45) is 1.08. The van der Waals surface area contributed by atoms with Crippen LogP contribution in [0.4, 0.5) is 4.79 Å². The first kappa shape index (κ1) is 15.3. The summed E-state index contributed by atoms with van der Waals surface area (Å²) < 4.78 is 11.9. The Labute approximate surface area is 123 Å². The van der Waals surface area contributed by atoms with Gasteiger partial charge in [-0.1, -0.05) is 0 Å². The van der Waals surface area contributed by atoms with Gasteiger partial charge in [0.05, 0.1) is 18.7 Å². The third-order valence-electron chi connectivity index (χ3n) is 3.83. The molecule has 1 atom stereocenters. The quantitative estimate of drug-likeness (QED) is 0.771. The van der Waals surface area contributed by atoms with Gasteiger partial charge in [-0.2, -0.15) is 5.10 Å². The van der Waals surface area contributed by atoms with Gasteiger partial charge in [0.15, 0.2) is 5.75 Å². The van der Waals surface area contributed by atoms with Gasteiger partial charge >= 0.3 is 12.1 Å². The molecule has 0 unspecified atom stereocenters. The van der Waals surface area contributed by atoms with Crippen LogP contribution in [0.3, 0.4) is 0 Å². The molecule has 0 aliphatic carbocycles. The Bertz CT molecular complexity index is 553. The van der Waals surface area contributed by atoms with Crippen molar-refractivity contribution in [1.29, 1.82) is 0 Å². The number of nitrogens with zero attached hydrogens (tertiary/aromatic N) is 3. The van der Waals surface area contributed by atoms with Gasteiger partial charge in [0.2, 0.25) is 0 Å². The van der Waals surface area contributed by atoms with Crippen LogP contribution in [0.5, 0.6) is 5.75 Å². The summed E-state index contributed by atoms with van der Waals surface area (Å²) in [7, 11) is 3.14. The van der Waals surface area contributed by atoms with Crippen molar-refractivity contribution < 1.29 is 19.1 Å². The highest BCUT2D eigenvalue weighted by Gasteiger charge is 2.31. The first-order valence-electron chi connectivity index (χ1n) is 6.98. The summed E-state index contributed by atoms with van der Waals surface area (Å²) in [5.41, 5.74) is 1.49. The smallest absolute Gasteiger partial charge is 0.409 e. The Morgan fingerprint density at radius 1 is 1.33 bits per heavy atom. The first-order valence-corrected chi connectivity index (χ1v) is 6.98.